The van der Waals surface area contributed by atoms with Crippen molar-refractivity contribution >= 4 is 11.9 Å². The van der Waals surface area contributed by atoms with E-state index in [2.05, 4.69) is 25.0 Å². The smallest absolute Gasteiger partial charge is 0.236 e. The number of hydrogen-bond donors (Lipinski definition) is 1. The zero-order chi connectivity index (χ0) is 13.7. The molecule has 0 unspecified atom stereocenters. The number of carbonyl (C=O) groups is 1. The van der Waals surface area contributed by atoms with Gasteiger partial charge in [0.1, 0.15) is 6.33 Å². The first kappa shape index (κ1) is 13.8. The van der Waals surface area contributed by atoms with Crippen molar-refractivity contribution < 1.29 is 4.79 Å². The molecule has 2 heterocycles. The molecule has 1 amide bonds. The van der Waals surface area contributed by atoms with Crippen molar-refractivity contribution in [1.29, 1.82) is 0 Å². The van der Waals surface area contributed by atoms with E-state index in [0.717, 1.165) is 45.2 Å². The molecule has 0 aliphatic carbocycles. The van der Waals surface area contributed by atoms with E-state index in [1.165, 1.54) is 6.33 Å². The lowest BCUT2D eigenvalue weighted by Crippen LogP contribution is -2.50. The molecule has 1 aromatic rings. The monoisotopic (exact) mass is 266 g/mol. The van der Waals surface area contributed by atoms with Crippen LogP contribution < -0.4 is 4.90 Å². The third-order valence-electron chi connectivity index (χ3n) is 3.55. The lowest BCUT2D eigenvalue weighted by Gasteiger charge is -2.34. The summed E-state index contributed by atoms with van der Waals surface area (Å²) in [6, 6.07) is 0. The predicted octanol–water partition coefficient (Wildman–Crippen LogP) is -0.205. The molecular weight excluding hydrogens is 244 g/mol. The summed E-state index contributed by atoms with van der Waals surface area (Å²) < 4.78 is 0. The second-order valence-corrected chi connectivity index (χ2v) is 4.64. The molecule has 0 aromatic carbocycles. The van der Waals surface area contributed by atoms with Crippen LogP contribution in [-0.2, 0) is 4.79 Å². The van der Waals surface area contributed by atoms with Crippen LogP contribution in [-0.4, -0.2) is 76.7 Å². The van der Waals surface area contributed by atoms with Crippen LogP contribution in [0.1, 0.15) is 13.8 Å². The molecule has 1 aliphatic rings. The second-order valence-electron chi connectivity index (χ2n) is 4.64. The number of nitrogens with zero attached hydrogens (tertiary/aromatic N) is 5. The van der Waals surface area contributed by atoms with Gasteiger partial charge in [0.15, 0.2) is 0 Å². The van der Waals surface area contributed by atoms with E-state index in [1.54, 1.807) is 0 Å². The van der Waals surface area contributed by atoms with Gasteiger partial charge >= 0.3 is 0 Å². The Kier molecular flexibility index (Phi) is 4.73. The topological polar surface area (TPSA) is 68.4 Å². The minimum Gasteiger partial charge on any atom is -0.342 e. The fourth-order valence-corrected chi connectivity index (χ4v) is 2.34. The summed E-state index contributed by atoms with van der Waals surface area (Å²) in [5.74, 6) is 1.04. The highest BCUT2D eigenvalue weighted by molar-refractivity contribution is 5.78. The SMILES string of the molecule is CCN(CC)C(=O)CN1CCN(c2ncn[nH]2)CC1. The van der Waals surface area contributed by atoms with Crippen molar-refractivity contribution in [1.82, 2.24) is 25.0 Å². The molecule has 106 valence electrons. The molecule has 0 radical (unpaired) electrons. The third kappa shape index (κ3) is 3.44. The molecule has 7 nitrogen and oxygen atoms in total. The second kappa shape index (κ2) is 6.51. The van der Waals surface area contributed by atoms with Gasteiger partial charge in [-0.1, -0.05) is 0 Å². The summed E-state index contributed by atoms with van der Waals surface area (Å²) in [7, 11) is 0. The normalized spacial score (nSPS) is 16.6. The molecule has 7 heteroatoms. The molecule has 2 rings (SSSR count). The Morgan fingerprint density at radius 3 is 2.53 bits per heavy atom. The quantitative estimate of drug-likeness (QED) is 0.799. The van der Waals surface area contributed by atoms with Gasteiger partial charge in [-0.15, -0.1) is 0 Å². The van der Waals surface area contributed by atoms with E-state index in [4.69, 9.17) is 0 Å². The molecule has 0 saturated carbocycles. The maximum Gasteiger partial charge on any atom is 0.236 e. The highest BCUT2D eigenvalue weighted by atomic mass is 16.2. The number of rotatable bonds is 5. The van der Waals surface area contributed by atoms with Gasteiger partial charge in [-0.2, -0.15) is 10.1 Å². The van der Waals surface area contributed by atoms with Crippen molar-refractivity contribution in [2.45, 2.75) is 13.8 Å². The molecule has 1 saturated heterocycles. The summed E-state index contributed by atoms with van der Waals surface area (Å²) in [6.45, 7) is 9.64. The number of aromatic amines is 1. The van der Waals surface area contributed by atoms with E-state index >= 15 is 0 Å². The third-order valence-corrected chi connectivity index (χ3v) is 3.55. The van der Waals surface area contributed by atoms with Crippen molar-refractivity contribution in [3.8, 4) is 0 Å². The zero-order valence-electron chi connectivity index (χ0n) is 11.7. The molecule has 1 aliphatic heterocycles. The highest BCUT2D eigenvalue weighted by Crippen LogP contribution is 2.09. The van der Waals surface area contributed by atoms with Crippen LogP contribution in [0.5, 0.6) is 0 Å². The summed E-state index contributed by atoms with van der Waals surface area (Å²) in [4.78, 5) is 22.4. The van der Waals surface area contributed by atoms with Crippen LogP contribution in [0.4, 0.5) is 5.95 Å². The number of H-pyrrole nitrogens is 1. The Bertz CT molecular complexity index is 381. The van der Waals surface area contributed by atoms with Crippen molar-refractivity contribution in [3.05, 3.63) is 6.33 Å². The van der Waals surface area contributed by atoms with Crippen molar-refractivity contribution in [2.75, 3.05) is 50.7 Å². The van der Waals surface area contributed by atoms with Crippen molar-refractivity contribution in [2.24, 2.45) is 0 Å². The number of amides is 1. The van der Waals surface area contributed by atoms with Crippen LogP contribution in [0.2, 0.25) is 0 Å². The molecule has 1 aromatic heterocycles. The van der Waals surface area contributed by atoms with Gasteiger partial charge in [0.25, 0.3) is 0 Å². The predicted molar refractivity (Wildman–Crippen MR) is 73.0 cm³/mol. The molecule has 0 bridgehead atoms. The summed E-state index contributed by atoms with van der Waals surface area (Å²) >= 11 is 0. The fraction of sp³-hybridized carbons (Fsp3) is 0.750. The Labute approximate surface area is 113 Å². The van der Waals surface area contributed by atoms with Gasteiger partial charge in [0.2, 0.25) is 11.9 Å². The van der Waals surface area contributed by atoms with Crippen LogP contribution in [0, 0.1) is 0 Å². The Morgan fingerprint density at radius 2 is 2.00 bits per heavy atom. The number of hydrogen-bond acceptors (Lipinski definition) is 5. The Morgan fingerprint density at radius 1 is 1.32 bits per heavy atom. The summed E-state index contributed by atoms with van der Waals surface area (Å²) in [5.41, 5.74) is 0. The van der Waals surface area contributed by atoms with E-state index in [-0.39, 0.29) is 5.91 Å². The number of nitrogens with one attached hydrogen (secondary N) is 1. The van der Waals surface area contributed by atoms with Crippen LogP contribution in [0.3, 0.4) is 0 Å². The highest BCUT2D eigenvalue weighted by Gasteiger charge is 2.21. The standard InChI is InChI=1S/C12H22N6O/c1-3-17(4-2)11(19)9-16-5-7-18(8-6-16)12-13-10-14-15-12/h10H,3-9H2,1-2H3,(H,13,14,15). The van der Waals surface area contributed by atoms with Gasteiger partial charge in [0.05, 0.1) is 6.54 Å². The van der Waals surface area contributed by atoms with Gasteiger partial charge in [0, 0.05) is 39.3 Å². The van der Waals surface area contributed by atoms with Gasteiger partial charge in [-0.3, -0.25) is 9.69 Å². The maximum atomic E-state index is 12.0. The van der Waals surface area contributed by atoms with Crippen LogP contribution in [0.25, 0.3) is 0 Å². The molecule has 0 spiro atoms. The Balaban J connectivity index is 1.79. The first-order valence-electron chi connectivity index (χ1n) is 6.85. The molecule has 1 N–H and O–H groups in total. The van der Waals surface area contributed by atoms with E-state index < -0.39 is 0 Å². The molecular formula is C12H22N6O. The van der Waals surface area contributed by atoms with Crippen molar-refractivity contribution in [3.63, 3.8) is 0 Å². The van der Waals surface area contributed by atoms with E-state index in [9.17, 15) is 4.79 Å². The van der Waals surface area contributed by atoms with Gasteiger partial charge in [-0.25, -0.2) is 5.10 Å². The number of piperazine rings is 1. The maximum absolute atomic E-state index is 12.0. The summed E-state index contributed by atoms with van der Waals surface area (Å²) in [5, 5.41) is 6.73. The number of likely N-dealkylation sites (N-methyl/N-ethyl adjacent to an activating group) is 1. The first-order chi connectivity index (χ1) is 9.24. The largest absolute Gasteiger partial charge is 0.342 e. The lowest BCUT2D eigenvalue weighted by atomic mass is 10.3. The van der Waals surface area contributed by atoms with Crippen LogP contribution >= 0.6 is 0 Å². The number of anilines is 1. The number of aromatic nitrogens is 3. The van der Waals surface area contributed by atoms with Gasteiger partial charge in [-0.05, 0) is 13.8 Å². The summed E-state index contributed by atoms with van der Waals surface area (Å²) in [6.07, 6.45) is 1.52. The lowest BCUT2D eigenvalue weighted by molar-refractivity contribution is -0.132. The first-order valence-corrected chi connectivity index (χ1v) is 6.85. The van der Waals surface area contributed by atoms with Crippen LogP contribution in [0.15, 0.2) is 6.33 Å². The number of carbonyl (C=O) groups excluding carboxylic acids is 1. The fourth-order valence-electron chi connectivity index (χ4n) is 2.34. The minimum atomic E-state index is 0.220. The Hall–Kier alpha value is -1.63. The average Bonchev–Trinajstić information content (AvgIpc) is 2.95. The molecule has 1 fully saturated rings. The average molecular weight is 266 g/mol. The van der Waals surface area contributed by atoms with E-state index in [1.807, 2.05) is 18.7 Å². The minimum absolute atomic E-state index is 0.220. The zero-order valence-corrected chi connectivity index (χ0v) is 11.7. The van der Waals surface area contributed by atoms with E-state index in [0.29, 0.717) is 6.54 Å². The van der Waals surface area contributed by atoms with Gasteiger partial charge < -0.3 is 9.80 Å². The molecule has 19 heavy (non-hydrogen) atoms. The molecule has 0 atom stereocenters.